The maximum atomic E-state index is 11.5. The number of sulfone groups is 1. The number of esters is 1. The molecule has 3 heterocycles. The molecule has 7 nitrogen and oxygen atoms in total. The van der Waals surface area contributed by atoms with Gasteiger partial charge in [0, 0.05) is 12.1 Å². The molecule has 0 aliphatic carbocycles. The molecule has 8 heteroatoms. The number of hydrogen-bond donors (Lipinski definition) is 0. The van der Waals surface area contributed by atoms with Gasteiger partial charge in [-0.25, -0.2) is 22.7 Å². The Morgan fingerprint density at radius 2 is 2.30 bits per heavy atom. The van der Waals surface area contributed by atoms with Gasteiger partial charge in [-0.3, -0.25) is 0 Å². The molecule has 0 bridgehead atoms. The van der Waals surface area contributed by atoms with E-state index in [1.165, 1.54) is 11.6 Å². The zero-order chi connectivity index (χ0) is 14.3. The van der Waals surface area contributed by atoms with Crippen LogP contribution in [0.25, 0.3) is 5.65 Å². The number of rotatable bonds is 2. The van der Waals surface area contributed by atoms with Gasteiger partial charge in [-0.15, -0.1) is 0 Å². The monoisotopic (exact) mass is 295 g/mol. The number of pyridine rings is 1. The molecule has 1 aliphatic rings. The Bertz CT molecular complexity index is 781. The van der Waals surface area contributed by atoms with Crippen molar-refractivity contribution in [1.29, 1.82) is 0 Å². The smallest absolute Gasteiger partial charge is 0.338 e. The summed E-state index contributed by atoms with van der Waals surface area (Å²) in [6.45, 7) is 0. The van der Waals surface area contributed by atoms with E-state index in [0.717, 1.165) is 0 Å². The van der Waals surface area contributed by atoms with Crippen LogP contribution in [0.3, 0.4) is 0 Å². The van der Waals surface area contributed by atoms with Gasteiger partial charge in [-0.2, -0.15) is 5.10 Å². The molecule has 20 heavy (non-hydrogen) atoms. The molecule has 0 spiro atoms. The van der Waals surface area contributed by atoms with Crippen LogP contribution >= 0.6 is 0 Å². The zero-order valence-electron chi connectivity index (χ0n) is 10.8. The average molecular weight is 295 g/mol. The topological polar surface area (TPSA) is 90.6 Å². The van der Waals surface area contributed by atoms with Gasteiger partial charge in [0.2, 0.25) is 0 Å². The Balaban J connectivity index is 1.97. The summed E-state index contributed by atoms with van der Waals surface area (Å²) in [7, 11) is -1.66. The van der Waals surface area contributed by atoms with Crippen LogP contribution < -0.4 is 0 Å². The Morgan fingerprint density at radius 3 is 2.95 bits per heavy atom. The van der Waals surface area contributed by atoms with Gasteiger partial charge < -0.3 is 4.74 Å². The summed E-state index contributed by atoms with van der Waals surface area (Å²) in [5.74, 6) is 0.170. The van der Waals surface area contributed by atoms with Crippen molar-refractivity contribution in [2.45, 2.75) is 12.3 Å². The Hall–Kier alpha value is -1.96. The standard InChI is InChI=1S/C12H13N3O4S/c1-19-12(16)8-2-4-15-10(6-8)13-11(14-15)9-3-5-20(17,18)7-9/h2,4,6,9H,3,5,7H2,1H3. The number of fused-ring (bicyclic) bond motifs is 1. The van der Waals surface area contributed by atoms with E-state index in [-0.39, 0.29) is 17.4 Å². The fraction of sp³-hybridized carbons (Fsp3) is 0.417. The summed E-state index contributed by atoms with van der Waals surface area (Å²) in [6.07, 6.45) is 2.16. The van der Waals surface area contributed by atoms with Crippen LogP contribution in [0.1, 0.15) is 28.5 Å². The van der Waals surface area contributed by atoms with Crippen LogP contribution in [0.15, 0.2) is 18.3 Å². The second-order valence-corrected chi connectivity index (χ2v) is 7.01. The Kier molecular flexibility index (Phi) is 2.97. The van der Waals surface area contributed by atoms with Crippen molar-refractivity contribution in [3.05, 3.63) is 29.7 Å². The summed E-state index contributed by atoms with van der Waals surface area (Å²) in [5, 5.41) is 4.28. The van der Waals surface area contributed by atoms with Gasteiger partial charge in [0.1, 0.15) is 0 Å². The van der Waals surface area contributed by atoms with E-state index < -0.39 is 15.8 Å². The van der Waals surface area contributed by atoms with Crippen LogP contribution in [0, 0.1) is 0 Å². The number of ether oxygens (including phenoxy) is 1. The minimum absolute atomic E-state index is 0.0910. The van der Waals surface area contributed by atoms with Crippen molar-refractivity contribution in [3.8, 4) is 0 Å². The SMILES string of the molecule is COC(=O)c1ccn2nc(C3CCS(=O)(=O)C3)nc2c1. The maximum Gasteiger partial charge on any atom is 0.338 e. The highest BCUT2D eigenvalue weighted by Crippen LogP contribution is 2.26. The molecule has 1 aliphatic heterocycles. The molecular formula is C12H13N3O4S. The second-order valence-electron chi connectivity index (χ2n) is 4.78. The summed E-state index contributed by atoms with van der Waals surface area (Å²) in [4.78, 5) is 15.8. The van der Waals surface area contributed by atoms with Gasteiger partial charge in [0.05, 0.1) is 24.2 Å². The van der Waals surface area contributed by atoms with E-state index in [0.29, 0.717) is 23.5 Å². The molecule has 1 atom stereocenters. The Morgan fingerprint density at radius 1 is 1.50 bits per heavy atom. The van der Waals surface area contributed by atoms with Gasteiger partial charge >= 0.3 is 5.97 Å². The summed E-state index contributed by atoms with van der Waals surface area (Å²) in [5.41, 5.74) is 0.894. The van der Waals surface area contributed by atoms with Crippen LogP contribution in [-0.2, 0) is 14.6 Å². The van der Waals surface area contributed by atoms with Crippen LogP contribution in [0.5, 0.6) is 0 Å². The van der Waals surface area contributed by atoms with Gasteiger partial charge in [-0.05, 0) is 18.6 Å². The summed E-state index contributed by atoms with van der Waals surface area (Å²) >= 11 is 0. The lowest BCUT2D eigenvalue weighted by molar-refractivity contribution is 0.0600. The fourth-order valence-electron chi connectivity index (χ4n) is 2.32. The number of aromatic nitrogens is 3. The summed E-state index contributed by atoms with van der Waals surface area (Å²) in [6, 6.07) is 3.16. The largest absolute Gasteiger partial charge is 0.465 e. The van der Waals surface area contributed by atoms with Gasteiger partial charge in [0.25, 0.3) is 0 Å². The molecule has 1 fully saturated rings. The first kappa shape index (κ1) is 13.0. The number of carbonyl (C=O) groups is 1. The van der Waals surface area contributed by atoms with Crippen molar-refractivity contribution in [2.75, 3.05) is 18.6 Å². The Labute approximate surface area is 115 Å². The molecular weight excluding hydrogens is 282 g/mol. The highest BCUT2D eigenvalue weighted by atomic mass is 32.2. The van der Waals surface area contributed by atoms with Crippen molar-refractivity contribution in [2.24, 2.45) is 0 Å². The summed E-state index contributed by atoms with van der Waals surface area (Å²) < 4.78 is 29.2. The highest BCUT2D eigenvalue weighted by molar-refractivity contribution is 7.91. The molecule has 2 aromatic heterocycles. The number of nitrogens with zero attached hydrogens (tertiary/aromatic N) is 3. The molecule has 1 saturated heterocycles. The lowest BCUT2D eigenvalue weighted by atomic mass is 10.1. The van der Waals surface area contributed by atoms with Crippen molar-refractivity contribution >= 4 is 21.5 Å². The van der Waals surface area contributed by atoms with E-state index in [4.69, 9.17) is 0 Å². The third kappa shape index (κ3) is 2.26. The molecule has 0 N–H and O–H groups in total. The van der Waals surface area contributed by atoms with Crippen molar-refractivity contribution in [3.63, 3.8) is 0 Å². The molecule has 0 radical (unpaired) electrons. The maximum absolute atomic E-state index is 11.5. The van der Waals surface area contributed by atoms with Gasteiger partial charge in [0.15, 0.2) is 21.3 Å². The van der Waals surface area contributed by atoms with Crippen LogP contribution in [-0.4, -0.2) is 47.6 Å². The molecule has 1 unspecified atom stereocenters. The number of methoxy groups -OCH3 is 1. The predicted molar refractivity (Wildman–Crippen MR) is 70.3 cm³/mol. The lowest BCUT2D eigenvalue weighted by Crippen LogP contribution is -2.05. The third-order valence-corrected chi connectivity index (χ3v) is 5.14. The van der Waals surface area contributed by atoms with E-state index >= 15 is 0 Å². The minimum atomic E-state index is -2.97. The first-order valence-corrected chi connectivity index (χ1v) is 7.96. The average Bonchev–Trinajstić information content (AvgIpc) is 2.99. The van der Waals surface area contributed by atoms with E-state index in [1.54, 1.807) is 18.3 Å². The first-order chi connectivity index (χ1) is 9.48. The molecule has 106 valence electrons. The fourth-order valence-corrected chi connectivity index (χ4v) is 4.05. The van der Waals surface area contributed by atoms with E-state index in [2.05, 4.69) is 14.8 Å². The first-order valence-electron chi connectivity index (χ1n) is 6.13. The molecule has 3 rings (SSSR count). The zero-order valence-corrected chi connectivity index (χ0v) is 11.6. The molecule has 0 amide bonds. The van der Waals surface area contributed by atoms with Crippen molar-refractivity contribution in [1.82, 2.24) is 14.6 Å². The molecule has 0 aromatic carbocycles. The van der Waals surface area contributed by atoms with E-state index in [9.17, 15) is 13.2 Å². The van der Waals surface area contributed by atoms with E-state index in [1.807, 2.05) is 0 Å². The quantitative estimate of drug-likeness (QED) is 0.746. The predicted octanol–water partition coefficient (Wildman–Crippen LogP) is 0.418. The third-order valence-electron chi connectivity index (χ3n) is 3.37. The van der Waals surface area contributed by atoms with Crippen LogP contribution in [0.2, 0.25) is 0 Å². The van der Waals surface area contributed by atoms with Crippen molar-refractivity contribution < 1.29 is 17.9 Å². The molecule has 0 saturated carbocycles. The normalized spacial score (nSPS) is 21.1. The minimum Gasteiger partial charge on any atom is -0.465 e. The van der Waals surface area contributed by atoms with Gasteiger partial charge in [-0.1, -0.05) is 0 Å². The molecule has 2 aromatic rings. The highest BCUT2D eigenvalue weighted by Gasteiger charge is 2.31. The lowest BCUT2D eigenvalue weighted by Gasteiger charge is -1.98. The number of carbonyl (C=O) groups excluding carboxylic acids is 1. The second kappa shape index (κ2) is 4.55. The van der Waals surface area contributed by atoms with Crippen LogP contribution in [0.4, 0.5) is 0 Å². The number of hydrogen-bond acceptors (Lipinski definition) is 6.